The smallest absolute Gasteiger partial charge is 0.346 e. The largest absolute Gasteiger partial charge is 0.481 e. The van der Waals surface area contributed by atoms with E-state index in [2.05, 4.69) is 21.0 Å². The molecule has 3 atom stereocenters. The minimum absolute atomic E-state index is 0.0416. The van der Waals surface area contributed by atoms with Gasteiger partial charge in [-0.05, 0) is 29.7 Å². The van der Waals surface area contributed by atoms with Gasteiger partial charge in [-0.1, -0.05) is 54.1 Å². The van der Waals surface area contributed by atoms with Gasteiger partial charge >= 0.3 is 5.69 Å². The Morgan fingerprint density at radius 3 is 2.66 bits per heavy atom. The van der Waals surface area contributed by atoms with E-state index in [1.54, 1.807) is 36.4 Å². The monoisotopic (exact) mass is 639 g/mol. The van der Waals surface area contributed by atoms with Crippen LogP contribution in [0.1, 0.15) is 40.2 Å². The van der Waals surface area contributed by atoms with Gasteiger partial charge in [-0.15, -0.1) is 11.6 Å². The molecule has 2 amide bonds. The summed E-state index contributed by atoms with van der Waals surface area (Å²) < 4.78 is 7.35. The van der Waals surface area contributed by atoms with E-state index in [9.17, 15) is 19.2 Å². The van der Waals surface area contributed by atoms with Crippen molar-refractivity contribution in [1.29, 1.82) is 0 Å². The van der Waals surface area contributed by atoms with E-state index in [4.69, 9.17) is 32.9 Å². The Hall–Kier alpha value is -4.26. The molecule has 3 aromatic rings. The summed E-state index contributed by atoms with van der Waals surface area (Å²) in [6, 6.07) is 10.7. The van der Waals surface area contributed by atoms with Crippen LogP contribution in [0, 0.1) is 0 Å². The van der Waals surface area contributed by atoms with Crippen molar-refractivity contribution in [2.75, 3.05) is 13.7 Å². The van der Waals surface area contributed by atoms with Crippen LogP contribution in [0.4, 0.5) is 0 Å². The Balaban J connectivity index is 1.54. The molecule has 0 radical (unpaired) electrons. The van der Waals surface area contributed by atoms with Gasteiger partial charge in [0, 0.05) is 50.2 Å². The van der Waals surface area contributed by atoms with Crippen LogP contribution in [0.2, 0.25) is 5.02 Å². The first-order valence-corrected chi connectivity index (χ1v) is 14.7. The molecular formula is C30H31Cl2N7O5. The average molecular weight is 641 g/mol. The maximum Gasteiger partial charge on any atom is 0.346 e. The third kappa shape index (κ3) is 5.92. The minimum Gasteiger partial charge on any atom is -0.481 e. The van der Waals surface area contributed by atoms with E-state index in [0.717, 1.165) is 21.2 Å². The van der Waals surface area contributed by atoms with Crippen LogP contribution in [0.5, 0.6) is 5.88 Å². The number of halogens is 2. The maximum atomic E-state index is 13.8. The lowest BCUT2D eigenvalue weighted by atomic mass is 9.80. The lowest BCUT2D eigenvalue weighted by Gasteiger charge is -2.39. The second-order valence-corrected chi connectivity index (χ2v) is 11.4. The van der Waals surface area contributed by atoms with Crippen LogP contribution in [-0.4, -0.2) is 56.2 Å². The summed E-state index contributed by atoms with van der Waals surface area (Å²) in [6.07, 6.45) is 6.48. The van der Waals surface area contributed by atoms with Crippen molar-refractivity contribution >= 4 is 40.6 Å². The van der Waals surface area contributed by atoms with Crippen molar-refractivity contribution in [3.8, 4) is 5.88 Å². The summed E-state index contributed by atoms with van der Waals surface area (Å²) in [7, 11) is 4.10. The summed E-state index contributed by atoms with van der Waals surface area (Å²) in [5.41, 5.74) is -1.22. The SMILES string of the molecule is COc1nc(C2(NC(=O)c3nn(C)c(=O)n(C)c3=O)C=CC=C(c3ccccc3Cl)[C@@H]2Cl)ccc1CNCC1CCC(=O)N1. The lowest BCUT2D eigenvalue weighted by Crippen LogP contribution is -2.54. The molecule has 1 fully saturated rings. The molecule has 3 N–H and O–H groups in total. The molecule has 1 aromatic carbocycles. The summed E-state index contributed by atoms with van der Waals surface area (Å²) >= 11 is 13.8. The number of ether oxygens (including phenoxy) is 1. The second kappa shape index (κ2) is 12.8. The van der Waals surface area contributed by atoms with Crippen molar-refractivity contribution in [2.24, 2.45) is 14.1 Å². The van der Waals surface area contributed by atoms with E-state index in [1.165, 1.54) is 21.2 Å². The Morgan fingerprint density at radius 1 is 1.18 bits per heavy atom. The first-order valence-electron chi connectivity index (χ1n) is 13.9. The van der Waals surface area contributed by atoms with Gasteiger partial charge in [-0.3, -0.25) is 19.0 Å². The Morgan fingerprint density at radius 2 is 1.95 bits per heavy atom. The summed E-state index contributed by atoms with van der Waals surface area (Å²) in [4.78, 5) is 55.2. The van der Waals surface area contributed by atoms with Gasteiger partial charge in [0.25, 0.3) is 11.5 Å². The molecule has 0 saturated carbocycles. The normalized spacial score (nSPS) is 21.1. The Kier molecular flexibility index (Phi) is 9.05. The van der Waals surface area contributed by atoms with Crippen molar-refractivity contribution in [1.82, 2.24) is 35.3 Å². The molecule has 5 rings (SSSR count). The van der Waals surface area contributed by atoms with E-state index < -0.39 is 33.8 Å². The fourth-order valence-corrected chi connectivity index (χ4v) is 6.01. The van der Waals surface area contributed by atoms with Gasteiger partial charge < -0.3 is 20.7 Å². The molecular weight excluding hydrogens is 609 g/mol. The quantitative estimate of drug-likeness (QED) is 0.300. The highest BCUT2D eigenvalue weighted by Crippen LogP contribution is 2.43. The first kappa shape index (κ1) is 31.2. The molecule has 2 aromatic heterocycles. The molecule has 2 aliphatic rings. The molecule has 230 valence electrons. The number of nitrogens with one attached hydrogen (secondary N) is 3. The fraction of sp³-hybridized carbons (Fsp3) is 0.333. The van der Waals surface area contributed by atoms with Gasteiger partial charge in [0.2, 0.25) is 17.5 Å². The van der Waals surface area contributed by atoms with Gasteiger partial charge in [-0.25, -0.2) is 14.5 Å². The summed E-state index contributed by atoms with van der Waals surface area (Å²) in [6.45, 7) is 0.988. The molecule has 1 saturated heterocycles. The number of benzene rings is 1. The molecule has 1 aliphatic heterocycles. The third-order valence-electron chi connectivity index (χ3n) is 7.70. The van der Waals surface area contributed by atoms with Crippen molar-refractivity contribution in [2.45, 2.75) is 36.3 Å². The second-order valence-electron chi connectivity index (χ2n) is 10.6. The van der Waals surface area contributed by atoms with Crippen LogP contribution >= 0.6 is 23.2 Å². The summed E-state index contributed by atoms with van der Waals surface area (Å²) in [5.74, 6) is -0.525. The van der Waals surface area contributed by atoms with Crippen LogP contribution < -0.4 is 31.9 Å². The number of aryl methyl sites for hydroxylation is 1. The number of methoxy groups -OCH3 is 1. The van der Waals surface area contributed by atoms with Crippen LogP contribution in [-0.2, 0) is 31.0 Å². The van der Waals surface area contributed by atoms with E-state index in [-0.39, 0.29) is 11.9 Å². The Labute approximate surface area is 262 Å². The average Bonchev–Trinajstić information content (AvgIpc) is 3.44. The van der Waals surface area contributed by atoms with E-state index >= 15 is 0 Å². The van der Waals surface area contributed by atoms with Gasteiger partial charge in [0.05, 0.1) is 18.2 Å². The topological polar surface area (TPSA) is 149 Å². The van der Waals surface area contributed by atoms with E-state index in [0.29, 0.717) is 47.2 Å². The highest BCUT2D eigenvalue weighted by molar-refractivity contribution is 6.34. The predicted molar refractivity (Wildman–Crippen MR) is 166 cm³/mol. The third-order valence-corrected chi connectivity index (χ3v) is 8.61. The van der Waals surface area contributed by atoms with Crippen molar-refractivity contribution < 1.29 is 14.3 Å². The lowest BCUT2D eigenvalue weighted by molar-refractivity contribution is -0.119. The number of carbonyl (C=O) groups excluding carboxylic acids is 2. The zero-order valence-corrected chi connectivity index (χ0v) is 25.8. The van der Waals surface area contributed by atoms with Crippen LogP contribution in [0.15, 0.2) is 64.2 Å². The zero-order valence-electron chi connectivity index (χ0n) is 24.3. The molecule has 2 unspecified atom stereocenters. The summed E-state index contributed by atoms with van der Waals surface area (Å²) in [5, 5.41) is 12.6. The first-order chi connectivity index (χ1) is 21.1. The number of aromatic nitrogens is 4. The number of nitrogens with zero attached hydrogens (tertiary/aromatic N) is 4. The molecule has 0 spiro atoms. The number of hydrogen-bond donors (Lipinski definition) is 3. The van der Waals surface area contributed by atoms with Crippen LogP contribution in [0.3, 0.4) is 0 Å². The number of allylic oxidation sites excluding steroid dienone is 2. The molecule has 1 aliphatic carbocycles. The minimum atomic E-state index is -1.50. The molecule has 3 heterocycles. The molecule has 12 nitrogen and oxygen atoms in total. The van der Waals surface area contributed by atoms with E-state index in [1.807, 2.05) is 18.2 Å². The Bertz CT molecular complexity index is 1800. The number of alkyl halides is 1. The fourth-order valence-electron chi connectivity index (χ4n) is 5.33. The number of amides is 2. The highest BCUT2D eigenvalue weighted by atomic mass is 35.5. The zero-order chi connectivity index (χ0) is 31.6. The van der Waals surface area contributed by atoms with Gasteiger partial charge in [0.1, 0.15) is 5.54 Å². The van der Waals surface area contributed by atoms with Gasteiger partial charge in [-0.2, -0.15) is 5.10 Å². The standard InChI is InChI=1S/C30H31Cl2N7O5/c1-38-28(42)24(37-39(2)29(38)43)26(41)36-30(14-6-8-20(25(30)32)19-7-4-5-9-21(19)31)22-12-10-17(27(35-22)44-3)15-33-16-18-11-13-23(40)34-18/h4-10,12,14,18,25,33H,11,13,15-16H2,1-3H3,(H,34,40)(H,36,41)/t18?,25-,30?/m0/s1. The molecule has 14 heteroatoms. The number of hydrogen-bond acceptors (Lipinski definition) is 8. The van der Waals surface area contributed by atoms with Gasteiger partial charge in [0.15, 0.2) is 0 Å². The molecule has 44 heavy (non-hydrogen) atoms. The maximum absolute atomic E-state index is 13.8. The van der Waals surface area contributed by atoms with Crippen molar-refractivity contribution in [3.63, 3.8) is 0 Å². The number of pyridine rings is 1. The number of rotatable bonds is 9. The van der Waals surface area contributed by atoms with Crippen LogP contribution in [0.25, 0.3) is 5.57 Å². The molecule has 0 bridgehead atoms. The number of carbonyl (C=O) groups is 2. The highest BCUT2D eigenvalue weighted by Gasteiger charge is 2.45. The van der Waals surface area contributed by atoms with Crippen molar-refractivity contribution in [3.05, 3.63) is 103 Å². The predicted octanol–water partition coefficient (Wildman–Crippen LogP) is 1.79.